The molecule has 1 heterocycles. The first-order valence-corrected chi connectivity index (χ1v) is 5.96. The maximum Gasteiger partial charge on any atom is 0.260 e. The number of hydrogen-bond donors (Lipinski definition) is 0. The quantitative estimate of drug-likeness (QED) is 0.788. The van der Waals surface area contributed by atoms with E-state index in [0.717, 1.165) is 0 Å². The molecule has 3 nitrogen and oxygen atoms in total. The van der Waals surface area contributed by atoms with Gasteiger partial charge in [0.25, 0.3) is 5.89 Å². The fourth-order valence-corrected chi connectivity index (χ4v) is 1.64. The number of nitrogens with zero attached hydrogens (tertiary/aromatic N) is 2. The van der Waals surface area contributed by atoms with Gasteiger partial charge in [0.05, 0.1) is 10.9 Å². The van der Waals surface area contributed by atoms with Gasteiger partial charge in [-0.1, -0.05) is 37.0 Å². The van der Waals surface area contributed by atoms with Crippen molar-refractivity contribution >= 4 is 31.9 Å². The minimum absolute atomic E-state index is 0.189. The Bertz CT molecular complexity index is 487. The third-order valence-electron chi connectivity index (χ3n) is 1.75. The van der Waals surface area contributed by atoms with Gasteiger partial charge in [0, 0.05) is 4.47 Å². The number of halogens is 3. The molecule has 1 aromatic heterocycles. The van der Waals surface area contributed by atoms with Crippen molar-refractivity contribution in [3.05, 3.63) is 34.3 Å². The molecule has 78 valence electrons. The predicted octanol–water partition coefficient (Wildman–Crippen LogP) is 3.53. The highest BCUT2D eigenvalue weighted by atomic mass is 79.9. The lowest BCUT2D eigenvalue weighted by Crippen LogP contribution is -1.85. The first-order chi connectivity index (χ1) is 7.20. The minimum Gasteiger partial charge on any atom is -0.334 e. The molecular formula is C9H5Br2FN2O. The summed E-state index contributed by atoms with van der Waals surface area (Å²) in [7, 11) is 0. The molecule has 15 heavy (non-hydrogen) atoms. The van der Waals surface area contributed by atoms with E-state index in [-0.39, 0.29) is 5.89 Å². The molecule has 0 unspecified atom stereocenters. The SMILES string of the molecule is Fc1cc(Br)ccc1-c1nc(CBr)no1. The van der Waals surface area contributed by atoms with Crippen LogP contribution in [0.5, 0.6) is 0 Å². The van der Waals surface area contributed by atoms with Crippen LogP contribution < -0.4 is 0 Å². The van der Waals surface area contributed by atoms with E-state index in [1.807, 2.05) is 0 Å². The van der Waals surface area contributed by atoms with Crippen LogP contribution in [0, 0.1) is 5.82 Å². The summed E-state index contributed by atoms with van der Waals surface area (Å²) in [6, 6.07) is 4.66. The summed E-state index contributed by atoms with van der Waals surface area (Å²) < 4.78 is 19.1. The maximum absolute atomic E-state index is 13.5. The molecular weight excluding hydrogens is 331 g/mol. The standard InChI is InChI=1S/C9H5Br2FN2O/c10-4-8-13-9(15-14-8)6-2-1-5(11)3-7(6)12/h1-3H,4H2. The van der Waals surface area contributed by atoms with Crippen LogP contribution in [0.2, 0.25) is 0 Å². The summed E-state index contributed by atoms with van der Waals surface area (Å²) in [6.45, 7) is 0. The van der Waals surface area contributed by atoms with Crippen LogP contribution in [0.1, 0.15) is 5.82 Å². The molecule has 2 rings (SSSR count). The highest BCUT2D eigenvalue weighted by molar-refractivity contribution is 9.10. The number of benzene rings is 1. The Labute approximate surface area is 102 Å². The first-order valence-electron chi connectivity index (χ1n) is 4.04. The smallest absolute Gasteiger partial charge is 0.260 e. The third kappa shape index (κ3) is 2.26. The molecule has 0 fully saturated rings. The van der Waals surface area contributed by atoms with E-state index in [1.54, 1.807) is 12.1 Å². The van der Waals surface area contributed by atoms with Crippen molar-refractivity contribution in [3.8, 4) is 11.5 Å². The van der Waals surface area contributed by atoms with Crippen LogP contribution in [0.15, 0.2) is 27.2 Å². The summed E-state index contributed by atoms with van der Waals surface area (Å²) >= 11 is 6.36. The van der Waals surface area contributed by atoms with Crippen LogP contribution in [0.3, 0.4) is 0 Å². The largest absolute Gasteiger partial charge is 0.334 e. The number of hydrogen-bond acceptors (Lipinski definition) is 3. The molecule has 0 amide bonds. The number of aromatic nitrogens is 2. The Morgan fingerprint density at radius 1 is 1.40 bits per heavy atom. The Hall–Kier alpha value is -0.750. The van der Waals surface area contributed by atoms with Crippen LogP contribution in [-0.4, -0.2) is 10.1 Å². The molecule has 0 saturated heterocycles. The van der Waals surface area contributed by atoms with E-state index in [0.29, 0.717) is 21.2 Å². The third-order valence-corrected chi connectivity index (χ3v) is 2.74. The van der Waals surface area contributed by atoms with Gasteiger partial charge in [0.15, 0.2) is 5.82 Å². The van der Waals surface area contributed by atoms with E-state index in [2.05, 4.69) is 42.0 Å². The molecule has 1 aromatic carbocycles. The van der Waals surface area contributed by atoms with Gasteiger partial charge < -0.3 is 4.52 Å². The number of rotatable bonds is 2. The monoisotopic (exact) mass is 334 g/mol. The van der Waals surface area contributed by atoms with Crippen molar-refractivity contribution in [1.29, 1.82) is 0 Å². The van der Waals surface area contributed by atoms with Crippen molar-refractivity contribution < 1.29 is 8.91 Å². The van der Waals surface area contributed by atoms with Gasteiger partial charge in [-0.3, -0.25) is 0 Å². The second-order valence-corrected chi connectivity index (χ2v) is 4.25. The van der Waals surface area contributed by atoms with E-state index in [9.17, 15) is 4.39 Å². The Morgan fingerprint density at radius 3 is 2.80 bits per heavy atom. The molecule has 0 saturated carbocycles. The Balaban J connectivity index is 2.44. The summed E-state index contributed by atoms with van der Waals surface area (Å²) in [6.07, 6.45) is 0. The highest BCUT2D eigenvalue weighted by Crippen LogP contribution is 2.24. The molecule has 6 heteroatoms. The fourth-order valence-electron chi connectivity index (χ4n) is 1.08. The van der Waals surface area contributed by atoms with E-state index in [1.165, 1.54) is 6.07 Å². The highest BCUT2D eigenvalue weighted by Gasteiger charge is 2.12. The van der Waals surface area contributed by atoms with Crippen LogP contribution in [0.4, 0.5) is 4.39 Å². The molecule has 0 bridgehead atoms. The molecule has 0 atom stereocenters. The van der Waals surface area contributed by atoms with Crippen LogP contribution in [0.25, 0.3) is 11.5 Å². The van der Waals surface area contributed by atoms with Crippen LogP contribution >= 0.6 is 31.9 Å². The van der Waals surface area contributed by atoms with Crippen molar-refractivity contribution in [1.82, 2.24) is 10.1 Å². The summed E-state index contributed by atoms with van der Waals surface area (Å²) in [5.41, 5.74) is 0.304. The first kappa shape index (κ1) is 10.8. The van der Waals surface area contributed by atoms with E-state index < -0.39 is 5.82 Å². The topological polar surface area (TPSA) is 38.9 Å². The van der Waals surface area contributed by atoms with Gasteiger partial charge in [0.1, 0.15) is 5.82 Å². The minimum atomic E-state index is -0.394. The van der Waals surface area contributed by atoms with Crippen molar-refractivity contribution in [2.45, 2.75) is 5.33 Å². The zero-order valence-corrected chi connectivity index (χ0v) is 10.5. The lowest BCUT2D eigenvalue weighted by atomic mass is 10.2. The molecule has 0 aliphatic carbocycles. The van der Waals surface area contributed by atoms with Gasteiger partial charge in [-0.05, 0) is 18.2 Å². The second kappa shape index (κ2) is 4.40. The molecule has 0 radical (unpaired) electrons. The van der Waals surface area contributed by atoms with Gasteiger partial charge >= 0.3 is 0 Å². The average Bonchev–Trinajstić information content (AvgIpc) is 2.66. The fraction of sp³-hybridized carbons (Fsp3) is 0.111. The molecule has 0 spiro atoms. The maximum atomic E-state index is 13.5. The zero-order valence-electron chi connectivity index (χ0n) is 7.38. The number of alkyl halides is 1. The second-order valence-electron chi connectivity index (χ2n) is 2.77. The van der Waals surface area contributed by atoms with Crippen molar-refractivity contribution in [2.24, 2.45) is 0 Å². The zero-order chi connectivity index (χ0) is 10.8. The lowest BCUT2D eigenvalue weighted by molar-refractivity contribution is 0.423. The van der Waals surface area contributed by atoms with Crippen molar-refractivity contribution in [3.63, 3.8) is 0 Å². The normalized spacial score (nSPS) is 10.6. The molecule has 2 aromatic rings. The summed E-state index contributed by atoms with van der Waals surface area (Å²) in [4.78, 5) is 4.01. The molecule has 0 N–H and O–H groups in total. The summed E-state index contributed by atoms with van der Waals surface area (Å²) in [5.74, 6) is 0.288. The van der Waals surface area contributed by atoms with Crippen molar-refractivity contribution in [2.75, 3.05) is 0 Å². The predicted molar refractivity (Wildman–Crippen MR) is 60.0 cm³/mol. The molecule has 0 aliphatic heterocycles. The van der Waals surface area contributed by atoms with Gasteiger partial charge in [0.2, 0.25) is 0 Å². The van der Waals surface area contributed by atoms with E-state index in [4.69, 9.17) is 4.52 Å². The van der Waals surface area contributed by atoms with Gasteiger partial charge in [-0.25, -0.2) is 4.39 Å². The lowest BCUT2D eigenvalue weighted by Gasteiger charge is -1.96. The van der Waals surface area contributed by atoms with Gasteiger partial charge in [-0.15, -0.1) is 0 Å². The Morgan fingerprint density at radius 2 is 2.20 bits per heavy atom. The molecule has 0 aliphatic rings. The summed E-state index contributed by atoms with van der Waals surface area (Å²) in [5, 5.41) is 4.14. The van der Waals surface area contributed by atoms with Gasteiger partial charge in [-0.2, -0.15) is 4.98 Å². The van der Waals surface area contributed by atoms with E-state index >= 15 is 0 Å². The van der Waals surface area contributed by atoms with Crippen LogP contribution in [-0.2, 0) is 5.33 Å². The Kier molecular flexibility index (Phi) is 3.16. The average molecular weight is 336 g/mol.